The fraction of sp³-hybridized carbons (Fsp3) is 0.143. The lowest BCUT2D eigenvalue weighted by atomic mass is 9.95. The molecule has 0 aliphatic rings. The Hall–Kier alpha value is -1.66. The van der Waals surface area contributed by atoms with E-state index in [9.17, 15) is 9.18 Å². The molecule has 0 aliphatic carbocycles. The van der Waals surface area contributed by atoms with Gasteiger partial charge in [0, 0.05) is 10.2 Å². The number of hydrogen-bond donors (Lipinski definition) is 2. The SMILES string of the molecule is CC(Nc1ccc(Cl)c(Br)c1)(C(N)=O)c1ccc(F)cn1. The van der Waals surface area contributed by atoms with Crippen LogP contribution in [0.1, 0.15) is 12.6 Å². The van der Waals surface area contributed by atoms with Crippen molar-refractivity contribution in [2.24, 2.45) is 5.73 Å². The minimum Gasteiger partial charge on any atom is -0.367 e. The molecule has 0 radical (unpaired) electrons. The van der Waals surface area contributed by atoms with E-state index in [0.29, 0.717) is 20.9 Å². The normalized spacial score (nSPS) is 13.5. The molecule has 0 saturated carbocycles. The number of nitrogens with zero attached hydrogens (tertiary/aromatic N) is 1. The van der Waals surface area contributed by atoms with Gasteiger partial charge < -0.3 is 11.1 Å². The summed E-state index contributed by atoms with van der Waals surface area (Å²) in [6.07, 6.45) is 1.04. The third-order valence-electron chi connectivity index (χ3n) is 3.05. The number of rotatable bonds is 4. The Balaban J connectivity index is 2.40. The molecule has 21 heavy (non-hydrogen) atoms. The second-order valence-electron chi connectivity index (χ2n) is 4.60. The number of benzene rings is 1. The van der Waals surface area contributed by atoms with Gasteiger partial charge in [-0.15, -0.1) is 0 Å². The predicted molar refractivity (Wildman–Crippen MR) is 83.5 cm³/mol. The van der Waals surface area contributed by atoms with Crippen molar-refractivity contribution in [1.82, 2.24) is 4.98 Å². The van der Waals surface area contributed by atoms with Crippen molar-refractivity contribution in [2.45, 2.75) is 12.5 Å². The van der Waals surface area contributed by atoms with E-state index in [1.807, 2.05) is 0 Å². The number of nitrogens with two attached hydrogens (primary N) is 1. The van der Waals surface area contributed by atoms with Crippen LogP contribution in [0.3, 0.4) is 0 Å². The zero-order valence-corrected chi connectivity index (χ0v) is 13.4. The maximum Gasteiger partial charge on any atom is 0.249 e. The Morgan fingerprint density at radius 1 is 1.43 bits per heavy atom. The van der Waals surface area contributed by atoms with E-state index in [2.05, 4.69) is 26.2 Å². The topological polar surface area (TPSA) is 68.0 Å². The Morgan fingerprint density at radius 3 is 2.67 bits per heavy atom. The molecule has 1 heterocycles. The molecule has 2 rings (SSSR count). The first-order valence-electron chi connectivity index (χ1n) is 5.98. The van der Waals surface area contributed by atoms with Gasteiger partial charge in [0.15, 0.2) is 5.54 Å². The Labute approximate surface area is 134 Å². The third-order valence-corrected chi connectivity index (χ3v) is 4.26. The van der Waals surface area contributed by atoms with Crippen LogP contribution >= 0.6 is 27.5 Å². The summed E-state index contributed by atoms with van der Waals surface area (Å²) in [7, 11) is 0. The van der Waals surface area contributed by atoms with Gasteiger partial charge in [-0.25, -0.2) is 4.39 Å². The van der Waals surface area contributed by atoms with E-state index >= 15 is 0 Å². The molecule has 0 spiro atoms. The van der Waals surface area contributed by atoms with Gasteiger partial charge in [0.05, 0.1) is 16.9 Å². The van der Waals surface area contributed by atoms with E-state index in [1.165, 1.54) is 12.1 Å². The van der Waals surface area contributed by atoms with Crippen LogP contribution in [0.25, 0.3) is 0 Å². The lowest BCUT2D eigenvalue weighted by Crippen LogP contribution is -2.45. The smallest absolute Gasteiger partial charge is 0.249 e. The first-order valence-corrected chi connectivity index (χ1v) is 7.15. The highest BCUT2D eigenvalue weighted by molar-refractivity contribution is 9.10. The van der Waals surface area contributed by atoms with E-state index in [-0.39, 0.29) is 0 Å². The van der Waals surface area contributed by atoms with E-state index in [1.54, 1.807) is 25.1 Å². The van der Waals surface area contributed by atoms with Gasteiger partial charge in [0.2, 0.25) is 5.91 Å². The monoisotopic (exact) mass is 371 g/mol. The number of nitrogens with one attached hydrogen (secondary N) is 1. The van der Waals surface area contributed by atoms with Crippen LogP contribution < -0.4 is 11.1 Å². The van der Waals surface area contributed by atoms with Crippen LogP contribution in [0.15, 0.2) is 41.0 Å². The Bertz CT molecular complexity index is 680. The van der Waals surface area contributed by atoms with E-state index < -0.39 is 17.3 Å². The summed E-state index contributed by atoms with van der Waals surface area (Å²) in [5, 5.41) is 3.55. The molecule has 0 saturated heterocycles. The molecule has 7 heteroatoms. The molecule has 1 aromatic carbocycles. The average Bonchev–Trinajstić information content (AvgIpc) is 2.43. The highest BCUT2D eigenvalue weighted by Crippen LogP contribution is 2.30. The zero-order chi connectivity index (χ0) is 15.6. The van der Waals surface area contributed by atoms with Gasteiger partial charge in [-0.2, -0.15) is 0 Å². The molecule has 4 nitrogen and oxygen atoms in total. The number of amides is 1. The van der Waals surface area contributed by atoms with Gasteiger partial charge in [-0.1, -0.05) is 11.6 Å². The molecule has 1 atom stereocenters. The average molecular weight is 373 g/mol. The fourth-order valence-electron chi connectivity index (χ4n) is 1.79. The van der Waals surface area contributed by atoms with Crippen LogP contribution in [0.4, 0.5) is 10.1 Å². The van der Waals surface area contributed by atoms with Gasteiger partial charge in [-0.05, 0) is 53.2 Å². The van der Waals surface area contributed by atoms with E-state index in [4.69, 9.17) is 17.3 Å². The van der Waals surface area contributed by atoms with Crippen LogP contribution in [0.5, 0.6) is 0 Å². The number of primary amides is 1. The van der Waals surface area contributed by atoms with E-state index in [0.717, 1.165) is 6.20 Å². The van der Waals surface area contributed by atoms with Crippen molar-refractivity contribution in [3.63, 3.8) is 0 Å². The second-order valence-corrected chi connectivity index (χ2v) is 5.87. The van der Waals surface area contributed by atoms with Gasteiger partial charge in [-0.3, -0.25) is 9.78 Å². The highest BCUT2D eigenvalue weighted by atomic mass is 79.9. The molecular weight excluding hydrogens is 361 g/mol. The van der Waals surface area contributed by atoms with Crippen molar-refractivity contribution < 1.29 is 9.18 Å². The number of carbonyl (C=O) groups is 1. The lowest BCUT2D eigenvalue weighted by Gasteiger charge is -2.28. The largest absolute Gasteiger partial charge is 0.367 e. The fourth-order valence-corrected chi connectivity index (χ4v) is 2.28. The minimum absolute atomic E-state index is 0.322. The van der Waals surface area contributed by atoms with Crippen molar-refractivity contribution >= 4 is 39.1 Å². The number of aromatic nitrogens is 1. The molecule has 1 amide bonds. The number of hydrogen-bond acceptors (Lipinski definition) is 3. The molecule has 0 bridgehead atoms. The summed E-state index contributed by atoms with van der Waals surface area (Å²) in [4.78, 5) is 15.8. The molecule has 0 aliphatic heterocycles. The maximum absolute atomic E-state index is 13.0. The molecule has 110 valence electrons. The molecule has 1 unspecified atom stereocenters. The molecule has 1 aromatic heterocycles. The van der Waals surface area contributed by atoms with Gasteiger partial charge >= 0.3 is 0 Å². The summed E-state index contributed by atoms with van der Waals surface area (Å²) in [6.45, 7) is 1.58. The van der Waals surface area contributed by atoms with Gasteiger partial charge in [0.1, 0.15) is 5.82 Å². The van der Waals surface area contributed by atoms with Crippen LogP contribution in [0.2, 0.25) is 5.02 Å². The summed E-state index contributed by atoms with van der Waals surface area (Å²) in [6, 6.07) is 7.74. The van der Waals surface area contributed by atoms with Crippen molar-refractivity contribution in [1.29, 1.82) is 0 Å². The number of carbonyl (C=O) groups excluding carboxylic acids is 1. The minimum atomic E-state index is -1.28. The molecule has 2 aromatic rings. The van der Waals surface area contributed by atoms with Crippen LogP contribution in [-0.2, 0) is 10.3 Å². The summed E-state index contributed by atoms with van der Waals surface area (Å²) in [5.74, 6) is -1.12. The summed E-state index contributed by atoms with van der Waals surface area (Å²) in [5.41, 5.74) is 5.15. The second kappa shape index (κ2) is 5.99. The number of pyridine rings is 1. The first kappa shape index (κ1) is 15.7. The van der Waals surface area contributed by atoms with Crippen LogP contribution in [0, 0.1) is 5.82 Å². The maximum atomic E-state index is 13.0. The van der Waals surface area contributed by atoms with Gasteiger partial charge in [0.25, 0.3) is 0 Å². The predicted octanol–water partition coefficient (Wildman–Crippen LogP) is 3.45. The molecular formula is C14H12BrClFN3O. The third kappa shape index (κ3) is 3.33. The Morgan fingerprint density at radius 2 is 2.14 bits per heavy atom. The Kier molecular flexibility index (Phi) is 4.49. The number of anilines is 1. The lowest BCUT2D eigenvalue weighted by molar-refractivity contribution is -0.122. The molecule has 0 fully saturated rings. The van der Waals surface area contributed by atoms with Crippen molar-refractivity contribution in [3.05, 3.63) is 57.5 Å². The quantitative estimate of drug-likeness (QED) is 0.864. The first-order chi connectivity index (χ1) is 9.83. The number of halogens is 3. The van der Waals surface area contributed by atoms with Crippen molar-refractivity contribution in [2.75, 3.05) is 5.32 Å². The highest BCUT2D eigenvalue weighted by Gasteiger charge is 2.34. The summed E-state index contributed by atoms with van der Waals surface area (Å²) < 4.78 is 13.7. The molecule has 3 N–H and O–H groups in total. The summed E-state index contributed by atoms with van der Waals surface area (Å²) >= 11 is 9.23. The van der Waals surface area contributed by atoms with Crippen molar-refractivity contribution in [3.8, 4) is 0 Å². The standard InChI is InChI=1S/C14H12BrClFN3O/c1-14(13(18)21,12-5-2-8(17)7-19-12)20-9-3-4-11(16)10(15)6-9/h2-7,20H,1H3,(H2,18,21). The van der Waals surface area contributed by atoms with Crippen LogP contribution in [-0.4, -0.2) is 10.9 Å². The zero-order valence-electron chi connectivity index (χ0n) is 11.0.